The van der Waals surface area contributed by atoms with Crippen molar-refractivity contribution in [3.05, 3.63) is 21.9 Å². The summed E-state index contributed by atoms with van der Waals surface area (Å²) in [6, 6.07) is 4.20. The van der Waals surface area contributed by atoms with Gasteiger partial charge in [0.05, 0.1) is 4.88 Å². The summed E-state index contributed by atoms with van der Waals surface area (Å²) in [5.74, 6) is 6.88. The number of rotatable bonds is 2. The smallest absolute Gasteiger partial charge is 0.104 e. The molecule has 1 aliphatic rings. The largest absolute Gasteiger partial charge is 0.384 e. The summed E-state index contributed by atoms with van der Waals surface area (Å²) < 4.78 is 0. The molecule has 1 aromatic rings. The molecule has 1 aromatic heterocycles. The van der Waals surface area contributed by atoms with Crippen LogP contribution in [0, 0.1) is 11.8 Å². The predicted octanol–water partition coefficient (Wildman–Crippen LogP) is 2.03. The van der Waals surface area contributed by atoms with Crippen LogP contribution in [0.4, 0.5) is 0 Å². The van der Waals surface area contributed by atoms with E-state index in [0.717, 1.165) is 16.7 Å². The molecule has 0 aliphatic carbocycles. The summed E-state index contributed by atoms with van der Waals surface area (Å²) >= 11 is 3.79. The Morgan fingerprint density at radius 3 is 3.18 bits per heavy atom. The Balaban J connectivity index is 1.92. The van der Waals surface area contributed by atoms with E-state index in [1.807, 2.05) is 6.07 Å². The highest BCUT2D eigenvalue weighted by molar-refractivity contribution is 7.99. The number of aliphatic hydroxyl groups is 1. The number of thioether (sulfide) groups is 1. The maximum atomic E-state index is 8.65. The lowest BCUT2D eigenvalue weighted by atomic mass is 10.3. The van der Waals surface area contributed by atoms with E-state index >= 15 is 0 Å². The van der Waals surface area contributed by atoms with Gasteiger partial charge in [0.2, 0.25) is 0 Å². The lowest BCUT2D eigenvalue weighted by Crippen LogP contribution is -2.35. The van der Waals surface area contributed by atoms with Crippen molar-refractivity contribution in [1.82, 2.24) is 4.90 Å². The van der Waals surface area contributed by atoms with Crippen LogP contribution in [0.25, 0.3) is 0 Å². The van der Waals surface area contributed by atoms with Gasteiger partial charge in [-0.2, -0.15) is 11.8 Å². The third-order valence-corrected chi connectivity index (χ3v) is 4.78. The van der Waals surface area contributed by atoms with E-state index in [9.17, 15) is 0 Å². The molecule has 0 aromatic carbocycles. The summed E-state index contributed by atoms with van der Waals surface area (Å²) in [7, 11) is 0. The summed E-state index contributed by atoms with van der Waals surface area (Å²) in [6.07, 6.45) is 0. The molecule has 0 amide bonds. The fourth-order valence-electron chi connectivity index (χ4n) is 1.91. The Morgan fingerprint density at radius 1 is 1.53 bits per heavy atom. The average Bonchev–Trinajstić information content (AvgIpc) is 2.74. The zero-order valence-corrected chi connectivity index (χ0v) is 11.6. The summed E-state index contributed by atoms with van der Waals surface area (Å²) in [6.45, 7) is 5.64. The van der Waals surface area contributed by atoms with E-state index in [2.05, 4.69) is 41.5 Å². The number of aliphatic hydroxyl groups excluding tert-OH is 1. The van der Waals surface area contributed by atoms with Gasteiger partial charge in [-0.25, -0.2) is 0 Å². The van der Waals surface area contributed by atoms with Gasteiger partial charge in [-0.3, -0.25) is 4.90 Å². The second kappa shape index (κ2) is 6.46. The van der Waals surface area contributed by atoms with E-state index in [-0.39, 0.29) is 6.61 Å². The molecular formula is C13H17NOS2. The predicted molar refractivity (Wildman–Crippen MR) is 75.5 cm³/mol. The molecule has 4 heteroatoms. The Labute approximate surface area is 111 Å². The molecule has 1 saturated heterocycles. The van der Waals surface area contributed by atoms with Crippen LogP contribution < -0.4 is 0 Å². The van der Waals surface area contributed by atoms with Crippen LogP contribution in [-0.2, 0) is 6.54 Å². The quantitative estimate of drug-likeness (QED) is 0.830. The molecule has 0 spiro atoms. The van der Waals surface area contributed by atoms with Crippen LogP contribution in [-0.4, -0.2) is 40.7 Å². The minimum atomic E-state index is -0.0614. The van der Waals surface area contributed by atoms with Gasteiger partial charge < -0.3 is 5.11 Å². The minimum Gasteiger partial charge on any atom is -0.384 e. The SMILES string of the molecule is CC1CN(Cc2ccc(C#CCO)s2)CCS1. The Bertz CT molecular complexity index is 419. The normalized spacial score (nSPS) is 20.9. The molecule has 0 bridgehead atoms. The van der Waals surface area contributed by atoms with Gasteiger partial charge in [-0.1, -0.05) is 18.8 Å². The van der Waals surface area contributed by atoms with Gasteiger partial charge in [0.15, 0.2) is 0 Å². The highest BCUT2D eigenvalue weighted by atomic mass is 32.2. The summed E-state index contributed by atoms with van der Waals surface area (Å²) in [5.41, 5.74) is 0. The first kappa shape index (κ1) is 13.0. The second-order valence-electron chi connectivity index (χ2n) is 4.14. The standard InChI is InChI=1S/C13H17NOS2/c1-11-9-14(6-8-16-11)10-13-5-4-12(17-13)3-2-7-15/h4-5,11,15H,6-10H2,1H3. The van der Waals surface area contributed by atoms with E-state index in [0.29, 0.717) is 0 Å². The van der Waals surface area contributed by atoms with Gasteiger partial charge in [0, 0.05) is 35.5 Å². The van der Waals surface area contributed by atoms with E-state index in [4.69, 9.17) is 5.11 Å². The molecule has 1 atom stereocenters. The minimum absolute atomic E-state index is 0.0614. The molecule has 92 valence electrons. The van der Waals surface area contributed by atoms with Crippen molar-refractivity contribution in [1.29, 1.82) is 0 Å². The highest BCUT2D eigenvalue weighted by Gasteiger charge is 2.16. The number of nitrogens with zero attached hydrogens (tertiary/aromatic N) is 1. The zero-order chi connectivity index (χ0) is 12.1. The second-order valence-corrected chi connectivity index (χ2v) is 6.86. The Kier molecular flexibility index (Phi) is 4.93. The first-order chi connectivity index (χ1) is 8.28. The van der Waals surface area contributed by atoms with Crippen LogP contribution in [0.1, 0.15) is 16.7 Å². The maximum absolute atomic E-state index is 8.65. The number of thiophene rings is 1. The monoisotopic (exact) mass is 267 g/mol. The molecule has 2 heterocycles. The van der Waals surface area contributed by atoms with Crippen LogP contribution >= 0.6 is 23.1 Å². The van der Waals surface area contributed by atoms with Crippen LogP contribution in [0.3, 0.4) is 0 Å². The van der Waals surface area contributed by atoms with Gasteiger partial charge in [0.1, 0.15) is 6.61 Å². The van der Waals surface area contributed by atoms with Gasteiger partial charge in [0.25, 0.3) is 0 Å². The molecule has 0 radical (unpaired) electrons. The fourth-order valence-corrected chi connectivity index (χ4v) is 3.92. The molecule has 1 fully saturated rings. The van der Waals surface area contributed by atoms with Crippen LogP contribution in [0.15, 0.2) is 12.1 Å². The van der Waals surface area contributed by atoms with E-state index in [1.54, 1.807) is 11.3 Å². The maximum Gasteiger partial charge on any atom is 0.104 e. The molecule has 1 unspecified atom stereocenters. The third-order valence-electron chi connectivity index (χ3n) is 2.66. The molecule has 1 N–H and O–H groups in total. The van der Waals surface area contributed by atoms with Crippen molar-refractivity contribution >= 4 is 23.1 Å². The van der Waals surface area contributed by atoms with Crippen LogP contribution in [0.5, 0.6) is 0 Å². The van der Waals surface area contributed by atoms with Crippen molar-refractivity contribution in [2.75, 3.05) is 25.4 Å². The first-order valence-electron chi connectivity index (χ1n) is 5.80. The average molecular weight is 267 g/mol. The van der Waals surface area contributed by atoms with Gasteiger partial charge >= 0.3 is 0 Å². The van der Waals surface area contributed by atoms with Crippen molar-refractivity contribution in [2.24, 2.45) is 0 Å². The van der Waals surface area contributed by atoms with Gasteiger partial charge in [-0.05, 0) is 12.1 Å². The Hall–Kier alpha value is -0.470. The van der Waals surface area contributed by atoms with E-state index in [1.165, 1.54) is 23.7 Å². The molecule has 2 rings (SSSR count). The van der Waals surface area contributed by atoms with E-state index < -0.39 is 0 Å². The lowest BCUT2D eigenvalue weighted by Gasteiger charge is -2.29. The third kappa shape index (κ3) is 4.04. The lowest BCUT2D eigenvalue weighted by molar-refractivity contribution is 0.281. The molecule has 0 saturated carbocycles. The van der Waals surface area contributed by atoms with Crippen molar-refractivity contribution < 1.29 is 5.11 Å². The number of hydrogen-bond donors (Lipinski definition) is 1. The molecule has 17 heavy (non-hydrogen) atoms. The molecular weight excluding hydrogens is 250 g/mol. The molecule has 2 nitrogen and oxygen atoms in total. The number of hydrogen-bond acceptors (Lipinski definition) is 4. The van der Waals surface area contributed by atoms with Crippen molar-refractivity contribution in [3.63, 3.8) is 0 Å². The van der Waals surface area contributed by atoms with Gasteiger partial charge in [-0.15, -0.1) is 11.3 Å². The topological polar surface area (TPSA) is 23.5 Å². The summed E-state index contributed by atoms with van der Waals surface area (Å²) in [4.78, 5) is 4.93. The summed E-state index contributed by atoms with van der Waals surface area (Å²) in [5, 5.41) is 9.39. The Morgan fingerprint density at radius 2 is 2.41 bits per heavy atom. The van der Waals surface area contributed by atoms with Crippen LogP contribution in [0.2, 0.25) is 0 Å². The zero-order valence-electron chi connectivity index (χ0n) is 9.98. The van der Waals surface area contributed by atoms with Crippen molar-refractivity contribution in [2.45, 2.75) is 18.7 Å². The fraction of sp³-hybridized carbons (Fsp3) is 0.538. The molecule has 1 aliphatic heterocycles. The highest BCUT2D eigenvalue weighted by Crippen LogP contribution is 2.22. The first-order valence-corrected chi connectivity index (χ1v) is 7.67. The van der Waals surface area contributed by atoms with Crippen molar-refractivity contribution in [3.8, 4) is 11.8 Å².